The largest absolute Gasteiger partial charge is 0.461 e. The van der Waals surface area contributed by atoms with Gasteiger partial charge in [-0.25, -0.2) is 0 Å². The van der Waals surface area contributed by atoms with Gasteiger partial charge >= 0.3 is 0 Å². The molecule has 21 heavy (non-hydrogen) atoms. The summed E-state index contributed by atoms with van der Waals surface area (Å²) in [4.78, 5) is 4.47. The number of aliphatic imine (C=N–C) groups is 1. The Morgan fingerprint density at radius 2 is 2.00 bits per heavy atom. The molecule has 2 aromatic rings. The van der Waals surface area contributed by atoms with E-state index in [9.17, 15) is 0 Å². The fourth-order valence-electron chi connectivity index (χ4n) is 2.03. The minimum absolute atomic E-state index is 0. The topological polar surface area (TPSA) is 49.6 Å². The van der Waals surface area contributed by atoms with E-state index in [4.69, 9.17) is 4.42 Å². The Balaban J connectivity index is 0.00000220. The molecule has 116 valence electrons. The van der Waals surface area contributed by atoms with Gasteiger partial charge in [0.25, 0.3) is 0 Å². The molecule has 0 bridgehead atoms. The number of para-hydroxylation sites is 1. The molecule has 2 rings (SSSR count). The van der Waals surface area contributed by atoms with Gasteiger partial charge in [-0.1, -0.05) is 25.1 Å². The van der Waals surface area contributed by atoms with Gasteiger partial charge in [-0.05, 0) is 25.5 Å². The standard InChI is InChI=1S/C16H23N3O.HI/c1-3-10-18-16(17-4-2)19-11-9-14-12-13-7-5-6-8-15(13)20-14;/h5-8,12H,3-4,9-11H2,1-2H3,(H2,17,18,19);1H. The van der Waals surface area contributed by atoms with Crippen LogP contribution in [0.1, 0.15) is 26.0 Å². The summed E-state index contributed by atoms with van der Waals surface area (Å²) in [6.07, 6.45) is 1.91. The zero-order chi connectivity index (χ0) is 14.2. The maximum absolute atomic E-state index is 5.79. The van der Waals surface area contributed by atoms with Crippen molar-refractivity contribution in [2.75, 3.05) is 19.6 Å². The van der Waals surface area contributed by atoms with Gasteiger partial charge < -0.3 is 15.1 Å². The predicted octanol–water partition coefficient (Wildman–Crippen LogP) is 3.56. The number of fused-ring (bicyclic) bond motifs is 1. The van der Waals surface area contributed by atoms with Crippen molar-refractivity contribution >= 4 is 40.9 Å². The molecule has 0 radical (unpaired) electrons. The van der Waals surface area contributed by atoms with E-state index in [2.05, 4.69) is 41.6 Å². The smallest absolute Gasteiger partial charge is 0.191 e. The molecular formula is C16H24IN3O. The fraction of sp³-hybridized carbons (Fsp3) is 0.438. The Bertz CT molecular complexity index is 532. The molecule has 0 aliphatic carbocycles. The number of halogens is 1. The first-order chi connectivity index (χ1) is 9.83. The van der Waals surface area contributed by atoms with Gasteiger partial charge in [-0.2, -0.15) is 0 Å². The van der Waals surface area contributed by atoms with Crippen LogP contribution in [-0.2, 0) is 6.42 Å². The summed E-state index contributed by atoms with van der Waals surface area (Å²) in [6, 6.07) is 10.2. The molecule has 0 aliphatic rings. The molecule has 0 saturated heterocycles. The zero-order valence-corrected chi connectivity index (χ0v) is 15.0. The second-order valence-electron chi connectivity index (χ2n) is 4.69. The SMILES string of the molecule is CCCN=C(NCC)NCCc1cc2ccccc2o1.I. The van der Waals surface area contributed by atoms with E-state index in [0.29, 0.717) is 0 Å². The highest BCUT2D eigenvalue weighted by atomic mass is 127. The highest BCUT2D eigenvalue weighted by Crippen LogP contribution is 2.18. The number of rotatable bonds is 6. The van der Waals surface area contributed by atoms with Crippen LogP contribution in [0.15, 0.2) is 39.7 Å². The maximum atomic E-state index is 5.79. The Morgan fingerprint density at radius 1 is 1.19 bits per heavy atom. The van der Waals surface area contributed by atoms with Gasteiger partial charge in [0.1, 0.15) is 11.3 Å². The summed E-state index contributed by atoms with van der Waals surface area (Å²) in [6.45, 7) is 6.74. The molecule has 0 amide bonds. The van der Waals surface area contributed by atoms with Crippen LogP contribution in [0.3, 0.4) is 0 Å². The van der Waals surface area contributed by atoms with Crippen LogP contribution in [0.5, 0.6) is 0 Å². The molecule has 1 aromatic carbocycles. The molecule has 0 aliphatic heterocycles. The van der Waals surface area contributed by atoms with Gasteiger partial charge in [0.15, 0.2) is 5.96 Å². The average molecular weight is 401 g/mol. The molecule has 0 unspecified atom stereocenters. The molecule has 4 nitrogen and oxygen atoms in total. The Labute approximate surface area is 143 Å². The fourth-order valence-corrected chi connectivity index (χ4v) is 2.03. The number of nitrogens with zero attached hydrogens (tertiary/aromatic N) is 1. The van der Waals surface area contributed by atoms with Gasteiger partial charge in [-0.3, -0.25) is 4.99 Å². The lowest BCUT2D eigenvalue weighted by Gasteiger charge is -2.10. The van der Waals surface area contributed by atoms with Crippen LogP contribution in [0.2, 0.25) is 0 Å². The first kappa shape index (κ1) is 17.8. The van der Waals surface area contributed by atoms with Crippen LogP contribution in [0, 0.1) is 0 Å². The number of hydrogen-bond donors (Lipinski definition) is 2. The van der Waals surface area contributed by atoms with Gasteiger partial charge in [0.05, 0.1) is 0 Å². The van der Waals surface area contributed by atoms with E-state index in [0.717, 1.165) is 55.2 Å². The zero-order valence-electron chi connectivity index (χ0n) is 12.7. The monoisotopic (exact) mass is 401 g/mol. The maximum Gasteiger partial charge on any atom is 0.191 e. The van der Waals surface area contributed by atoms with Gasteiger partial charge in [0, 0.05) is 31.4 Å². The van der Waals surface area contributed by atoms with Crippen LogP contribution < -0.4 is 10.6 Å². The molecule has 0 atom stereocenters. The highest BCUT2D eigenvalue weighted by molar-refractivity contribution is 14.0. The molecule has 1 aromatic heterocycles. The minimum Gasteiger partial charge on any atom is -0.461 e. The molecule has 0 spiro atoms. The van der Waals surface area contributed by atoms with Crippen LogP contribution in [-0.4, -0.2) is 25.6 Å². The first-order valence-electron chi connectivity index (χ1n) is 7.33. The van der Waals surface area contributed by atoms with E-state index in [1.165, 1.54) is 0 Å². The Kier molecular flexibility index (Phi) is 8.19. The quantitative estimate of drug-likeness (QED) is 0.442. The second-order valence-corrected chi connectivity index (χ2v) is 4.69. The van der Waals surface area contributed by atoms with E-state index < -0.39 is 0 Å². The molecule has 2 N–H and O–H groups in total. The number of guanidine groups is 1. The third-order valence-electron chi connectivity index (χ3n) is 2.98. The van der Waals surface area contributed by atoms with Crippen molar-refractivity contribution in [2.45, 2.75) is 26.7 Å². The van der Waals surface area contributed by atoms with Crippen LogP contribution in [0.25, 0.3) is 11.0 Å². The summed E-state index contributed by atoms with van der Waals surface area (Å²) < 4.78 is 5.79. The van der Waals surface area contributed by atoms with E-state index in [-0.39, 0.29) is 24.0 Å². The first-order valence-corrected chi connectivity index (χ1v) is 7.33. The third-order valence-corrected chi connectivity index (χ3v) is 2.98. The molecule has 1 heterocycles. The molecule has 5 heteroatoms. The van der Waals surface area contributed by atoms with Gasteiger partial charge in [-0.15, -0.1) is 24.0 Å². The third kappa shape index (κ3) is 5.57. The van der Waals surface area contributed by atoms with Gasteiger partial charge in [0.2, 0.25) is 0 Å². The Morgan fingerprint density at radius 3 is 2.71 bits per heavy atom. The lowest BCUT2D eigenvalue weighted by atomic mass is 10.2. The average Bonchev–Trinajstić information content (AvgIpc) is 2.87. The summed E-state index contributed by atoms with van der Waals surface area (Å²) in [5.74, 6) is 1.88. The van der Waals surface area contributed by atoms with Crippen LogP contribution in [0.4, 0.5) is 0 Å². The van der Waals surface area contributed by atoms with Crippen LogP contribution >= 0.6 is 24.0 Å². The second kappa shape index (κ2) is 9.65. The summed E-state index contributed by atoms with van der Waals surface area (Å²) >= 11 is 0. The Hall–Kier alpha value is -1.24. The molecule has 0 fully saturated rings. The molecule has 0 saturated carbocycles. The summed E-state index contributed by atoms with van der Waals surface area (Å²) in [5, 5.41) is 7.73. The lowest BCUT2D eigenvalue weighted by Crippen LogP contribution is -2.38. The summed E-state index contributed by atoms with van der Waals surface area (Å²) in [5.41, 5.74) is 0.953. The van der Waals surface area contributed by atoms with Crippen molar-refractivity contribution < 1.29 is 4.42 Å². The number of hydrogen-bond acceptors (Lipinski definition) is 2. The number of nitrogens with one attached hydrogen (secondary N) is 2. The van der Waals surface area contributed by atoms with Crippen molar-refractivity contribution in [1.29, 1.82) is 0 Å². The van der Waals surface area contributed by atoms with E-state index in [1.54, 1.807) is 0 Å². The highest BCUT2D eigenvalue weighted by Gasteiger charge is 2.03. The normalized spacial score (nSPS) is 11.2. The number of furan rings is 1. The molecular weight excluding hydrogens is 377 g/mol. The minimum atomic E-state index is 0. The predicted molar refractivity (Wildman–Crippen MR) is 99.6 cm³/mol. The van der Waals surface area contributed by atoms with Crippen molar-refractivity contribution in [3.63, 3.8) is 0 Å². The number of benzene rings is 1. The van der Waals surface area contributed by atoms with Crippen molar-refractivity contribution in [2.24, 2.45) is 4.99 Å². The van der Waals surface area contributed by atoms with E-state index >= 15 is 0 Å². The summed E-state index contributed by atoms with van der Waals surface area (Å²) in [7, 11) is 0. The van der Waals surface area contributed by atoms with Crippen molar-refractivity contribution in [3.8, 4) is 0 Å². The van der Waals surface area contributed by atoms with Crippen molar-refractivity contribution in [1.82, 2.24) is 10.6 Å². The van der Waals surface area contributed by atoms with E-state index in [1.807, 2.05) is 18.2 Å². The van der Waals surface area contributed by atoms with Crippen molar-refractivity contribution in [3.05, 3.63) is 36.1 Å². The lowest BCUT2D eigenvalue weighted by molar-refractivity contribution is 0.544.